The highest BCUT2D eigenvalue weighted by Crippen LogP contribution is 2.58. The highest BCUT2D eigenvalue weighted by molar-refractivity contribution is 5.87. The summed E-state index contributed by atoms with van der Waals surface area (Å²) in [7, 11) is 0. The summed E-state index contributed by atoms with van der Waals surface area (Å²) >= 11 is 0. The maximum Gasteiger partial charge on any atom is 0.407 e. The Morgan fingerprint density at radius 3 is 2.08 bits per heavy atom. The number of esters is 5. The van der Waals surface area contributed by atoms with Crippen molar-refractivity contribution in [3.8, 4) is 0 Å². The van der Waals surface area contributed by atoms with Gasteiger partial charge < -0.3 is 38.8 Å². The van der Waals surface area contributed by atoms with E-state index in [1.807, 2.05) is 51.1 Å². The molecule has 4 rings (SSSR count). The number of fused-ring (bicyclic) bond motifs is 3. The van der Waals surface area contributed by atoms with E-state index in [-0.39, 0.29) is 37.0 Å². The molecule has 3 aliphatic rings. The molecule has 2 N–H and O–H groups in total. The average molecular weight is 838 g/mol. The minimum Gasteiger partial charge on any atom is -0.462 e. The monoisotopic (exact) mass is 837 g/mol. The molecule has 330 valence electrons. The number of hydrogen-bond donors (Lipinski definition) is 2. The third-order valence-corrected chi connectivity index (χ3v) is 11.8. The predicted molar refractivity (Wildman–Crippen MR) is 220 cm³/mol. The van der Waals surface area contributed by atoms with E-state index in [4.69, 9.17) is 28.4 Å². The second kappa shape index (κ2) is 19.6. The van der Waals surface area contributed by atoms with Gasteiger partial charge in [0.15, 0.2) is 18.3 Å². The molecular formula is C46H63NO13. The van der Waals surface area contributed by atoms with Crippen LogP contribution in [0.1, 0.15) is 107 Å². The van der Waals surface area contributed by atoms with Gasteiger partial charge in [0.1, 0.15) is 23.9 Å². The second-order valence-electron chi connectivity index (χ2n) is 18.0. The fraction of sp³-hybridized carbons (Fsp3) is 0.609. The molecule has 2 bridgehead atoms. The second-order valence-corrected chi connectivity index (χ2v) is 18.0. The standard InChI is InChI=1S/C46H63NO13/c1-24(2)20-34(47-44(54)60-45(9,10)11)40(52)43(53)59-35-22-32-21-33-26(4)36(58-38(51)19-18-31-16-14-13-15-17-31)23-37(55-28(6)48)46(33,12)42(57-30(8)50)41(56-29(7)49)39(25(32)3)27(35)5/h13-19,24-25,32-37,40-42,52H,4,20-23H2,1-3,5-12H3,(H,47,54)/b19-18+/t25-,32-,33-,34-,35+,36+,37+,40?,41-,42+,46+/m1/s1. The molecule has 0 heterocycles. The summed E-state index contributed by atoms with van der Waals surface area (Å²) in [5.74, 6) is -4.98. The van der Waals surface area contributed by atoms with Crippen LogP contribution in [0.5, 0.6) is 0 Å². The summed E-state index contributed by atoms with van der Waals surface area (Å²) < 4.78 is 35.8. The fourth-order valence-corrected chi connectivity index (χ4v) is 9.09. The number of nitrogens with one attached hydrogen (secondary N) is 1. The first-order valence-electron chi connectivity index (χ1n) is 20.7. The molecule has 3 aliphatic carbocycles. The van der Waals surface area contributed by atoms with Gasteiger partial charge in [0.2, 0.25) is 0 Å². The molecule has 1 unspecified atom stereocenters. The van der Waals surface area contributed by atoms with Gasteiger partial charge in [-0.3, -0.25) is 14.4 Å². The molecule has 1 amide bonds. The van der Waals surface area contributed by atoms with Crippen LogP contribution in [0.25, 0.3) is 6.08 Å². The maximum absolute atomic E-state index is 13.9. The van der Waals surface area contributed by atoms with Gasteiger partial charge >= 0.3 is 35.9 Å². The Morgan fingerprint density at radius 2 is 1.52 bits per heavy atom. The number of alkyl carbamates (subject to hydrolysis) is 1. The molecule has 2 fully saturated rings. The van der Waals surface area contributed by atoms with Crippen LogP contribution in [-0.4, -0.2) is 89.3 Å². The van der Waals surface area contributed by atoms with Gasteiger partial charge in [-0.1, -0.05) is 64.6 Å². The molecule has 11 atom stereocenters. The number of ether oxygens (including phenoxy) is 6. The largest absolute Gasteiger partial charge is 0.462 e. The molecule has 0 saturated heterocycles. The highest BCUT2D eigenvalue weighted by atomic mass is 16.6. The van der Waals surface area contributed by atoms with Crippen molar-refractivity contribution in [2.45, 2.75) is 150 Å². The summed E-state index contributed by atoms with van der Waals surface area (Å²) in [6.07, 6.45) is -4.25. The van der Waals surface area contributed by atoms with Crippen molar-refractivity contribution >= 4 is 42.0 Å². The molecule has 0 radical (unpaired) electrons. The van der Waals surface area contributed by atoms with E-state index in [1.165, 1.54) is 26.8 Å². The zero-order valence-corrected chi connectivity index (χ0v) is 36.8. The van der Waals surface area contributed by atoms with Gasteiger partial charge in [-0.15, -0.1) is 0 Å². The molecule has 1 aromatic rings. The van der Waals surface area contributed by atoms with Gasteiger partial charge in [-0.05, 0) is 99.0 Å². The van der Waals surface area contributed by atoms with E-state index in [9.17, 15) is 33.9 Å². The first-order chi connectivity index (χ1) is 27.9. The molecule has 2 saturated carbocycles. The van der Waals surface area contributed by atoms with Gasteiger partial charge in [-0.25, -0.2) is 14.4 Å². The predicted octanol–water partition coefficient (Wildman–Crippen LogP) is 6.58. The number of hydrogen-bond acceptors (Lipinski definition) is 13. The molecule has 1 aromatic carbocycles. The summed E-state index contributed by atoms with van der Waals surface area (Å²) in [5.41, 5.74) is 0.246. The van der Waals surface area contributed by atoms with E-state index in [0.29, 0.717) is 23.1 Å². The van der Waals surface area contributed by atoms with Crippen LogP contribution in [0.3, 0.4) is 0 Å². The lowest BCUT2D eigenvalue weighted by Gasteiger charge is -2.57. The molecule has 0 aromatic heterocycles. The van der Waals surface area contributed by atoms with Crippen molar-refractivity contribution in [3.63, 3.8) is 0 Å². The van der Waals surface area contributed by atoms with Gasteiger partial charge in [0, 0.05) is 33.3 Å². The maximum atomic E-state index is 13.9. The van der Waals surface area contributed by atoms with Crippen LogP contribution in [0.4, 0.5) is 4.79 Å². The van der Waals surface area contributed by atoms with Crippen molar-refractivity contribution in [2.24, 2.45) is 29.1 Å². The van der Waals surface area contributed by atoms with Crippen LogP contribution in [0.15, 0.2) is 59.7 Å². The number of carbonyl (C=O) groups is 6. The number of carbonyl (C=O) groups excluding carboxylic acids is 6. The van der Waals surface area contributed by atoms with Crippen LogP contribution in [-0.2, 0) is 52.4 Å². The van der Waals surface area contributed by atoms with Crippen LogP contribution < -0.4 is 5.32 Å². The van der Waals surface area contributed by atoms with E-state index in [1.54, 1.807) is 40.7 Å². The van der Waals surface area contributed by atoms with E-state index in [2.05, 4.69) is 11.9 Å². The molecule has 14 heteroatoms. The Morgan fingerprint density at radius 1 is 0.900 bits per heavy atom. The topological polar surface area (TPSA) is 190 Å². The Labute approximate surface area is 353 Å². The first-order valence-corrected chi connectivity index (χ1v) is 20.7. The Bertz CT molecular complexity index is 1840. The number of rotatable bonds is 12. The van der Waals surface area contributed by atoms with Crippen molar-refractivity contribution in [3.05, 3.63) is 65.3 Å². The van der Waals surface area contributed by atoms with E-state index >= 15 is 0 Å². The molecule has 0 aliphatic heterocycles. The van der Waals surface area contributed by atoms with Crippen molar-refractivity contribution in [1.29, 1.82) is 0 Å². The average Bonchev–Trinajstić information content (AvgIpc) is 3.13. The van der Waals surface area contributed by atoms with Crippen molar-refractivity contribution in [2.75, 3.05) is 0 Å². The normalized spacial score (nSPS) is 28.9. The zero-order chi connectivity index (χ0) is 44.9. The van der Waals surface area contributed by atoms with Crippen LogP contribution >= 0.6 is 0 Å². The Kier molecular flexibility index (Phi) is 15.6. The quantitative estimate of drug-likeness (QED) is 0.0995. The number of aliphatic hydroxyl groups excluding tert-OH is 1. The third-order valence-electron chi connectivity index (χ3n) is 11.8. The highest BCUT2D eigenvalue weighted by Gasteiger charge is 2.63. The summed E-state index contributed by atoms with van der Waals surface area (Å²) in [6, 6.07) is 8.16. The van der Waals surface area contributed by atoms with Crippen LogP contribution in [0, 0.1) is 29.1 Å². The zero-order valence-electron chi connectivity index (χ0n) is 36.8. The summed E-state index contributed by atoms with van der Waals surface area (Å²) in [6.45, 7) is 22.5. The Balaban J connectivity index is 1.80. The number of amides is 1. The van der Waals surface area contributed by atoms with Gasteiger partial charge in [0.05, 0.1) is 11.5 Å². The molecular weight excluding hydrogens is 774 g/mol. The third kappa shape index (κ3) is 11.6. The number of aliphatic hydroxyl groups is 1. The summed E-state index contributed by atoms with van der Waals surface area (Å²) in [5, 5.41) is 14.0. The van der Waals surface area contributed by atoms with Gasteiger partial charge in [-0.2, -0.15) is 0 Å². The van der Waals surface area contributed by atoms with Crippen molar-refractivity contribution < 1.29 is 62.3 Å². The minimum absolute atomic E-state index is 0.0217. The fourth-order valence-electron chi connectivity index (χ4n) is 9.09. The smallest absolute Gasteiger partial charge is 0.407 e. The lowest BCUT2D eigenvalue weighted by atomic mass is 9.52. The minimum atomic E-state index is -1.77. The SMILES string of the molecule is C=C1[C@@H](OC(=O)/C=C/c2ccccc2)C[C@H](OC(C)=O)[C@]2(C)[C@@H]1C[C@@H]1C[C@H](OC(=O)C(O)[C@@H](CC(C)C)NC(=O)OC(C)(C)C)C(C)=C([C@@H](OC(C)=O)[C@@H]2OC(C)=O)[C@@H]1C. The van der Waals surface area contributed by atoms with E-state index < -0.39 is 95.5 Å². The molecule has 14 nitrogen and oxygen atoms in total. The first kappa shape index (κ1) is 47.7. The number of benzene rings is 1. The lowest BCUT2D eigenvalue weighted by molar-refractivity contribution is -0.210. The molecule has 0 spiro atoms. The summed E-state index contributed by atoms with van der Waals surface area (Å²) in [4.78, 5) is 78.8. The van der Waals surface area contributed by atoms with Crippen LogP contribution in [0.2, 0.25) is 0 Å². The lowest BCUT2D eigenvalue weighted by Crippen LogP contribution is -2.63. The van der Waals surface area contributed by atoms with E-state index in [0.717, 1.165) is 5.56 Å². The van der Waals surface area contributed by atoms with Gasteiger partial charge in [0.25, 0.3) is 0 Å². The molecule has 60 heavy (non-hydrogen) atoms. The van der Waals surface area contributed by atoms with Crippen molar-refractivity contribution in [1.82, 2.24) is 5.32 Å². The Hall–Kier alpha value is -4.98.